The number of amides is 1. The van der Waals surface area contributed by atoms with Crippen LogP contribution in [0.4, 0.5) is 0 Å². The van der Waals surface area contributed by atoms with Gasteiger partial charge < -0.3 is 9.80 Å². The molecule has 1 unspecified atom stereocenters. The molecular weight excluding hydrogens is 266 g/mol. The van der Waals surface area contributed by atoms with Gasteiger partial charge in [0.25, 0.3) is 0 Å². The molecule has 0 aromatic carbocycles. The summed E-state index contributed by atoms with van der Waals surface area (Å²) in [5.74, 6) is 0.206. The number of hydrogen-bond donors (Lipinski definition) is 0. The number of piperazine rings is 1. The van der Waals surface area contributed by atoms with Crippen molar-refractivity contribution in [2.75, 3.05) is 39.8 Å². The molecule has 116 valence electrons. The van der Waals surface area contributed by atoms with Crippen LogP contribution in [-0.4, -0.2) is 76.4 Å². The van der Waals surface area contributed by atoms with Crippen LogP contribution in [0.1, 0.15) is 19.5 Å². The van der Waals surface area contributed by atoms with Gasteiger partial charge in [-0.05, 0) is 20.5 Å². The average molecular weight is 291 g/mol. The van der Waals surface area contributed by atoms with Crippen LogP contribution in [0.25, 0.3) is 0 Å². The van der Waals surface area contributed by atoms with Crippen molar-refractivity contribution >= 4 is 5.91 Å². The van der Waals surface area contributed by atoms with Crippen LogP contribution in [0, 0.1) is 0 Å². The zero-order valence-electron chi connectivity index (χ0n) is 13.2. The average Bonchev–Trinajstić information content (AvgIpc) is 2.54. The Morgan fingerprint density at radius 3 is 2.62 bits per heavy atom. The molecule has 2 heterocycles. The van der Waals surface area contributed by atoms with E-state index >= 15 is 0 Å². The summed E-state index contributed by atoms with van der Waals surface area (Å²) in [4.78, 5) is 27.2. The van der Waals surface area contributed by atoms with Crippen molar-refractivity contribution in [3.8, 4) is 0 Å². The van der Waals surface area contributed by atoms with E-state index in [4.69, 9.17) is 0 Å². The standard InChI is InChI=1S/C15H25N5O/c1-4-19-7-9-20(10-8-19)15(21)13(2)18(3)12-14-11-16-5-6-17-14/h5-6,11,13H,4,7-10,12H2,1-3H3. The molecule has 0 N–H and O–H groups in total. The Morgan fingerprint density at radius 2 is 2.05 bits per heavy atom. The lowest BCUT2D eigenvalue weighted by molar-refractivity contribution is -0.137. The van der Waals surface area contributed by atoms with Gasteiger partial charge in [0.15, 0.2) is 0 Å². The van der Waals surface area contributed by atoms with E-state index in [1.165, 1.54) is 0 Å². The molecule has 1 aromatic heterocycles. The van der Waals surface area contributed by atoms with Crippen LogP contribution < -0.4 is 0 Å². The predicted molar refractivity (Wildman–Crippen MR) is 81.7 cm³/mol. The molecule has 1 saturated heterocycles. The Morgan fingerprint density at radius 1 is 1.33 bits per heavy atom. The first-order valence-electron chi connectivity index (χ1n) is 7.58. The number of hydrogen-bond acceptors (Lipinski definition) is 5. The van der Waals surface area contributed by atoms with Gasteiger partial charge in [-0.1, -0.05) is 6.92 Å². The maximum absolute atomic E-state index is 12.6. The van der Waals surface area contributed by atoms with Crippen LogP contribution in [0.5, 0.6) is 0 Å². The van der Waals surface area contributed by atoms with E-state index in [0.717, 1.165) is 38.4 Å². The first-order valence-corrected chi connectivity index (χ1v) is 7.58. The van der Waals surface area contributed by atoms with Gasteiger partial charge in [-0.2, -0.15) is 0 Å². The number of rotatable bonds is 5. The number of carbonyl (C=O) groups excluding carboxylic acids is 1. The van der Waals surface area contributed by atoms with Gasteiger partial charge in [0.1, 0.15) is 0 Å². The van der Waals surface area contributed by atoms with Crippen molar-refractivity contribution < 1.29 is 4.79 Å². The number of nitrogens with zero attached hydrogens (tertiary/aromatic N) is 5. The zero-order valence-corrected chi connectivity index (χ0v) is 13.2. The highest BCUT2D eigenvalue weighted by Gasteiger charge is 2.26. The monoisotopic (exact) mass is 291 g/mol. The first kappa shape index (κ1) is 15.9. The summed E-state index contributed by atoms with van der Waals surface area (Å²) in [6.07, 6.45) is 5.08. The lowest BCUT2D eigenvalue weighted by Gasteiger charge is -2.37. The second-order valence-corrected chi connectivity index (χ2v) is 5.55. The Hall–Kier alpha value is -1.53. The summed E-state index contributed by atoms with van der Waals surface area (Å²) in [6.45, 7) is 9.43. The van der Waals surface area contributed by atoms with Crippen molar-refractivity contribution in [1.82, 2.24) is 24.7 Å². The normalized spacial score (nSPS) is 18.0. The van der Waals surface area contributed by atoms with Crippen LogP contribution in [0.3, 0.4) is 0 Å². The van der Waals surface area contributed by atoms with E-state index in [1.807, 2.05) is 23.8 Å². The van der Waals surface area contributed by atoms with Gasteiger partial charge in [-0.15, -0.1) is 0 Å². The number of carbonyl (C=O) groups is 1. The molecule has 21 heavy (non-hydrogen) atoms. The van der Waals surface area contributed by atoms with Crippen LogP contribution in [0.2, 0.25) is 0 Å². The quantitative estimate of drug-likeness (QED) is 0.789. The molecule has 1 aromatic rings. The highest BCUT2D eigenvalue weighted by Crippen LogP contribution is 2.09. The fourth-order valence-corrected chi connectivity index (χ4v) is 2.54. The van der Waals surface area contributed by atoms with Crippen molar-refractivity contribution in [3.05, 3.63) is 24.3 Å². The van der Waals surface area contributed by atoms with Crippen molar-refractivity contribution in [2.24, 2.45) is 0 Å². The first-order chi connectivity index (χ1) is 10.1. The highest BCUT2D eigenvalue weighted by molar-refractivity contribution is 5.81. The highest BCUT2D eigenvalue weighted by atomic mass is 16.2. The third-order valence-corrected chi connectivity index (χ3v) is 4.18. The van der Waals surface area contributed by atoms with E-state index in [1.54, 1.807) is 18.6 Å². The molecule has 1 fully saturated rings. The maximum atomic E-state index is 12.6. The Labute approximate surface area is 126 Å². The molecule has 1 aliphatic rings. The molecule has 6 heteroatoms. The minimum absolute atomic E-state index is 0.139. The molecule has 0 radical (unpaired) electrons. The van der Waals surface area contributed by atoms with Gasteiger partial charge >= 0.3 is 0 Å². The SMILES string of the molecule is CCN1CCN(C(=O)C(C)N(C)Cc2cnccn2)CC1. The summed E-state index contributed by atoms with van der Waals surface area (Å²) in [7, 11) is 1.96. The molecule has 1 aliphatic heterocycles. The molecule has 1 amide bonds. The van der Waals surface area contributed by atoms with Gasteiger partial charge in [0.05, 0.1) is 11.7 Å². The third-order valence-electron chi connectivity index (χ3n) is 4.18. The van der Waals surface area contributed by atoms with Crippen LogP contribution >= 0.6 is 0 Å². The van der Waals surface area contributed by atoms with E-state index in [9.17, 15) is 4.79 Å². The minimum atomic E-state index is -0.139. The fraction of sp³-hybridized carbons (Fsp3) is 0.667. The van der Waals surface area contributed by atoms with E-state index in [0.29, 0.717) is 6.54 Å². The summed E-state index contributed by atoms with van der Waals surface area (Å²) < 4.78 is 0. The maximum Gasteiger partial charge on any atom is 0.239 e. The fourth-order valence-electron chi connectivity index (χ4n) is 2.54. The summed E-state index contributed by atoms with van der Waals surface area (Å²) in [5, 5.41) is 0. The van der Waals surface area contributed by atoms with Crippen molar-refractivity contribution in [1.29, 1.82) is 0 Å². The summed E-state index contributed by atoms with van der Waals surface area (Å²) in [6, 6.07) is -0.139. The Bertz CT molecular complexity index is 445. The van der Waals surface area contributed by atoms with E-state index < -0.39 is 0 Å². The smallest absolute Gasteiger partial charge is 0.239 e. The van der Waals surface area contributed by atoms with Gasteiger partial charge in [-0.3, -0.25) is 19.7 Å². The van der Waals surface area contributed by atoms with Crippen molar-refractivity contribution in [3.63, 3.8) is 0 Å². The summed E-state index contributed by atoms with van der Waals surface area (Å²) in [5.41, 5.74) is 0.885. The van der Waals surface area contributed by atoms with Crippen molar-refractivity contribution in [2.45, 2.75) is 26.4 Å². The number of likely N-dealkylation sites (N-methyl/N-ethyl adjacent to an activating group) is 2. The lowest BCUT2D eigenvalue weighted by Crippen LogP contribution is -2.53. The topological polar surface area (TPSA) is 52.6 Å². The predicted octanol–water partition coefficient (Wildman–Crippen LogP) is 0.461. The molecular formula is C15H25N5O. The second-order valence-electron chi connectivity index (χ2n) is 5.55. The largest absolute Gasteiger partial charge is 0.339 e. The molecule has 1 atom stereocenters. The van der Waals surface area contributed by atoms with Gasteiger partial charge in [0.2, 0.25) is 5.91 Å². The van der Waals surface area contributed by atoms with E-state index in [-0.39, 0.29) is 11.9 Å². The Kier molecular flexibility index (Phi) is 5.64. The molecule has 0 spiro atoms. The van der Waals surface area contributed by atoms with Gasteiger partial charge in [0, 0.05) is 51.3 Å². The molecule has 0 bridgehead atoms. The van der Waals surface area contributed by atoms with Crippen LogP contribution in [0.15, 0.2) is 18.6 Å². The molecule has 0 saturated carbocycles. The molecule has 2 rings (SSSR count). The Balaban J connectivity index is 1.87. The van der Waals surface area contributed by atoms with E-state index in [2.05, 4.69) is 21.8 Å². The van der Waals surface area contributed by atoms with Crippen LogP contribution in [-0.2, 0) is 11.3 Å². The molecule has 6 nitrogen and oxygen atoms in total. The zero-order chi connectivity index (χ0) is 15.2. The second kappa shape index (κ2) is 7.47. The molecule has 0 aliphatic carbocycles. The minimum Gasteiger partial charge on any atom is -0.339 e. The third kappa shape index (κ3) is 4.22. The number of aromatic nitrogens is 2. The lowest BCUT2D eigenvalue weighted by atomic mass is 10.2. The van der Waals surface area contributed by atoms with Gasteiger partial charge in [-0.25, -0.2) is 0 Å². The summed E-state index contributed by atoms with van der Waals surface area (Å²) >= 11 is 0.